The maximum atomic E-state index is 11.6. The van der Waals surface area contributed by atoms with E-state index in [1.807, 2.05) is 0 Å². The highest BCUT2D eigenvalue weighted by Gasteiger charge is 2.45. The molecular formula is C11H23ClN2O2. The lowest BCUT2D eigenvalue weighted by Gasteiger charge is -2.21. The third kappa shape index (κ3) is 3.61. The number of rotatable bonds is 6. The van der Waals surface area contributed by atoms with Gasteiger partial charge in [-0.05, 0) is 24.2 Å². The summed E-state index contributed by atoms with van der Waals surface area (Å²) in [7, 11) is 1.51. The predicted molar refractivity (Wildman–Crippen MR) is 66.6 cm³/mol. The molecule has 1 aliphatic carbocycles. The van der Waals surface area contributed by atoms with Crippen LogP contribution < -0.4 is 11.1 Å². The third-order valence-corrected chi connectivity index (χ3v) is 3.52. The molecule has 0 aromatic rings. The van der Waals surface area contributed by atoms with Gasteiger partial charge in [0.15, 0.2) is 0 Å². The van der Waals surface area contributed by atoms with Gasteiger partial charge in [-0.3, -0.25) is 4.79 Å². The molecule has 1 amide bonds. The number of nitrogens with one attached hydrogen (secondary N) is 1. The van der Waals surface area contributed by atoms with Crippen LogP contribution in [0.4, 0.5) is 0 Å². The molecule has 0 heterocycles. The summed E-state index contributed by atoms with van der Waals surface area (Å²) in [5.41, 5.74) is 5.75. The molecule has 1 saturated carbocycles. The molecule has 1 unspecified atom stereocenters. The molecule has 16 heavy (non-hydrogen) atoms. The van der Waals surface area contributed by atoms with E-state index in [1.165, 1.54) is 20.0 Å². The van der Waals surface area contributed by atoms with Gasteiger partial charge in [0, 0.05) is 20.2 Å². The minimum Gasteiger partial charge on any atom is -0.370 e. The molecule has 0 aliphatic heterocycles. The molecule has 1 fully saturated rings. The fraction of sp³-hybridized carbons (Fsp3) is 0.909. The maximum Gasteiger partial charge on any atom is 0.250 e. The van der Waals surface area contributed by atoms with Crippen LogP contribution in [-0.2, 0) is 9.53 Å². The maximum absolute atomic E-state index is 11.6. The van der Waals surface area contributed by atoms with Crippen molar-refractivity contribution in [3.05, 3.63) is 0 Å². The highest BCUT2D eigenvalue weighted by molar-refractivity contribution is 5.85. The van der Waals surface area contributed by atoms with Crippen molar-refractivity contribution in [1.29, 1.82) is 0 Å². The second-order valence-electron chi connectivity index (χ2n) is 4.69. The Bertz CT molecular complexity index is 226. The molecule has 1 atom stereocenters. The van der Waals surface area contributed by atoms with Gasteiger partial charge < -0.3 is 15.8 Å². The smallest absolute Gasteiger partial charge is 0.250 e. The molecule has 1 aliphatic rings. The van der Waals surface area contributed by atoms with Gasteiger partial charge in [0.2, 0.25) is 5.91 Å². The van der Waals surface area contributed by atoms with Crippen molar-refractivity contribution in [2.75, 3.05) is 20.2 Å². The first-order chi connectivity index (χ1) is 7.05. The Balaban J connectivity index is 0.00000225. The van der Waals surface area contributed by atoms with Crippen LogP contribution in [0.25, 0.3) is 0 Å². The zero-order chi connectivity index (χ0) is 11.5. The van der Waals surface area contributed by atoms with E-state index in [1.54, 1.807) is 0 Å². The van der Waals surface area contributed by atoms with Crippen molar-refractivity contribution in [2.24, 2.45) is 17.1 Å². The van der Waals surface area contributed by atoms with Crippen LogP contribution in [0.5, 0.6) is 0 Å². The average Bonchev–Trinajstić information content (AvgIpc) is 2.97. The number of nitrogens with two attached hydrogens (primary N) is 1. The normalized spacial score (nSPS) is 18.8. The van der Waals surface area contributed by atoms with E-state index >= 15 is 0 Å². The Labute approximate surface area is 104 Å². The molecule has 0 bridgehead atoms. The number of halogens is 1. The van der Waals surface area contributed by atoms with Crippen molar-refractivity contribution >= 4 is 18.3 Å². The highest BCUT2D eigenvalue weighted by Crippen LogP contribution is 2.51. The number of carbonyl (C=O) groups excluding carboxylic acids is 1. The van der Waals surface area contributed by atoms with E-state index in [9.17, 15) is 4.79 Å². The second-order valence-corrected chi connectivity index (χ2v) is 4.69. The van der Waals surface area contributed by atoms with Gasteiger partial charge in [0.05, 0.1) is 0 Å². The average molecular weight is 251 g/mol. The summed E-state index contributed by atoms with van der Waals surface area (Å²) >= 11 is 0. The van der Waals surface area contributed by atoms with Crippen LogP contribution >= 0.6 is 12.4 Å². The molecule has 0 aromatic carbocycles. The number of carbonyl (C=O) groups is 1. The first-order valence-electron chi connectivity index (χ1n) is 5.56. The Morgan fingerprint density at radius 2 is 2.06 bits per heavy atom. The van der Waals surface area contributed by atoms with Gasteiger partial charge in [-0.15, -0.1) is 12.4 Å². The quantitative estimate of drug-likeness (QED) is 0.737. The molecule has 0 aromatic heterocycles. The molecule has 4 nitrogen and oxygen atoms in total. The van der Waals surface area contributed by atoms with Crippen molar-refractivity contribution in [1.82, 2.24) is 5.32 Å². The predicted octanol–water partition coefficient (Wildman–Crippen LogP) is 0.934. The first kappa shape index (κ1) is 15.7. The van der Waals surface area contributed by atoms with Gasteiger partial charge >= 0.3 is 0 Å². The molecule has 3 N–H and O–H groups in total. The van der Waals surface area contributed by atoms with Crippen LogP contribution in [0.2, 0.25) is 0 Å². The number of ether oxygens (including phenoxy) is 1. The standard InChI is InChI=1S/C11H22N2O2.ClH/c1-8(2)11(4-5-11)7-13-10(14)9(6-12)15-3;/h8-9H,4-7,12H2,1-3H3,(H,13,14);1H. The summed E-state index contributed by atoms with van der Waals surface area (Å²) in [4.78, 5) is 11.6. The SMILES string of the molecule is COC(CN)C(=O)NCC1(C(C)C)CC1.Cl. The largest absolute Gasteiger partial charge is 0.370 e. The van der Waals surface area contributed by atoms with E-state index < -0.39 is 6.10 Å². The Morgan fingerprint density at radius 1 is 1.50 bits per heavy atom. The lowest BCUT2D eigenvalue weighted by Crippen LogP contribution is -2.43. The minimum absolute atomic E-state index is 0. The molecule has 0 spiro atoms. The van der Waals surface area contributed by atoms with Gasteiger partial charge in [0.25, 0.3) is 0 Å². The Morgan fingerprint density at radius 3 is 2.38 bits per heavy atom. The van der Waals surface area contributed by atoms with Gasteiger partial charge in [0.1, 0.15) is 6.10 Å². The highest BCUT2D eigenvalue weighted by atomic mass is 35.5. The van der Waals surface area contributed by atoms with E-state index in [0.29, 0.717) is 11.3 Å². The molecule has 0 radical (unpaired) electrons. The van der Waals surface area contributed by atoms with Crippen molar-refractivity contribution < 1.29 is 9.53 Å². The number of hydrogen-bond donors (Lipinski definition) is 2. The Hall–Kier alpha value is -0.320. The lowest BCUT2D eigenvalue weighted by molar-refractivity contribution is -0.130. The molecule has 96 valence electrons. The van der Waals surface area contributed by atoms with Crippen molar-refractivity contribution in [3.8, 4) is 0 Å². The van der Waals surface area contributed by atoms with E-state index in [0.717, 1.165) is 6.54 Å². The Kier molecular flexibility index (Phi) is 6.30. The molecular weight excluding hydrogens is 228 g/mol. The third-order valence-electron chi connectivity index (χ3n) is 3.52. The summed E-state index contributed by atoms with van der Waals surface area (Å²) in [6.45, 7) is 5.39. The number of hydrogen-bond acceptors (Lipinski definition) is 3. The number of amides is 1. The molecule has 1 rings (SSSR count). The lowest BCUT2D eigenvalue weighted by atomic mass is 9.92. The summed E-state index contributed by atoms with van der Waals surface area (Å²) < 4.78 is 4.97. The molecule has 5 heteroatoms. The van der Waals surface area contributed by atoms with Crippen LogP contribution in [-0.4, -0.2) is 32.2 Å². The second kappa shape index (κ2) is 6.42. The number of methoxy groups -OCH3 is 1. The van der Waals surface area contributed by atoms with E-state index in [4.69, 9.17) is 10.5 Å². The fourth-order valence-electron chi connectivity index (χ4n) is 1.81. The van der Waals surface area contributed by atoms with Crippen LogP contribution in [0.1, 0.15) is 26.7 Å². The fourth-order valence-corrected chi connectivity index (χ4v) is 1.81. The van der Waals surface area contributed by atoms with E-state index in [-0.39, 0.29) is 24.9 Å². The summed E-state index contributed by atoms with van der Waals surface area (Å²) in [6, 6.07) is 0. The van der Waals surface area contributed by atoms with Crippen LogP contribution in [0, 0.1) is 11.3 Å². The summed E-state index contributed by atoms with van der Waals surface area (Å²) in [5.74, 6) is 0.531. The zero-order valence-electron chi connectivity index (χ0n) is 10.3. The topological polar surface area (TPSA) is 64.3 Å². The monoisotopic (exact) mass is 250 g/mol. The van der Waals surface area contributed by atoms with Crippen molar-refractivity contribution in [2.45, 2.75) is 32.8 Å². The molecule has 0 saturated heterocycles. The van der Waals surface area contributed by atoms with E-state index in [2.05, 4.69) is 19.2 Å². The van der Waals surface area contributed by atoms with Crippen molar-refractivity contribution in [3.63, 3.8) is 0 Å². The zero-order valence-corrected chi connectivity index (χ0v) is 11.1. The summed E-state index contributed by atoms with van der Waals surface area (Å²) in [5, 5.41) is 2.92. The van der Waals surface area contributed by atoms with Crippen LogP contribution in [0.3, 0.4) is 0 Å². The van der Waals surface area contributed by atoms with Gasteiger partial charge in [-0.1, -0.05) is 13.8 Å². The summed E-state index contributed by atoms with van der Waals surface area (Å²) in [6.07, 6.45) is 1.92. The minimum atomic E-state index is -0.507. The van der Waals surface area contributed by atoms with Crippen LogP contribution in [0.15, 0.2) is 0 Å². The first-order valence-corrected chi connectivity index (χ1v) is 5.56. The van der Waals surface area contributed by atoms with Gasteiger partial charge in [-0.2, -0.15) is 0 Å². The van der Waals surface area contributed by atoms with Gasteiger partial charge in [-0.25, -0.2) is 0 Å².